The van der Waals surface area contributed by atoms with Crippen molar-refractivity contribution in [2.24, 2.45) is 5.92 Å². The normalized spacial score (nSPS) is 27.8. The van der Waals surface area contributed by atoms with Crippen molar-refractivity contribution >= 4 is 11.8 Å². The summed E-state index contributed by atoms with van der Waals surface area (Å²) in [6.45, 7) is 5.77. The third kappa shape index (κ3) is 3.55. The average Bonchev–Trinajstić information content (AvgIpc) is 3.04. The summed E-state index contributed by atoms with van der Waals surface area (Å²) in [4.78, 5) is 28.2. The third-order valence-corrected chi connectivity index (χ3v) is 4.82. The molecule has 0 unspecified atom stereocenters. The van der Waals surface area contributed by atoms with Crippen LogP contribution in [0.4, 0.5) is 0 Å². The molecule has 0 spiro atoms. The largest absolute Gasteiger partial charge is 0.388 e. The maximum Gasteiger partial charge on any atom is 0.228 e. The van der Waals surface area contributed by atoms with Gasteiger partial charge >= 0.3 is 0 Å². The second-order valence-electron chi connectivity index (χ2n) is 7.17. The van der Waals surface area contributed by atoms with E-state index >= 15 is 0 Å². The SMILES string of the molecule is Cc1ccc(CN2C[C@@H](C(=O)N3CC[C@@](C)(O)C3)CC2=O)cc1. The van der Waals surface area contributed by atoms with Gasteiger partial charge in [-0.2, -0.15) is 0 Å². The molecule has 1 N–H and O–H groups in total. The molecule has 0 bridgehead atoms. The first-order valence-electron chi connectivity index (χ1n) is 8.18. The van der Waals surface area contributed by atoms with Gasteiger partial charge < -0.3 is 14.9 Å². The van der Waals surface area contributed by atoms with Gasteiger partial charge in [0.25, 0.3) is 0 Å². The number of amides is 2. The van der Waals surface area contributed by atoms with Crippen LogP contribution in [0, 0.1) is 12.8 Å². The third-order valence-electron chi connectivity index (χ3n) is 4.82. The quantitative estimate of drug-likeness (QED) is 0.915. The van der Waals surface area contributed by atoms with Crippen molar-refractivity contribution in [1.82, 2.24) is 9.80 Å². The summed E-state index contributed by atoms with van der Waals surface area (Å²) < 4.78 is 0. The van der Waals surface area contributed by atoms with Crippen LogP contribution in [0.3, 0.4) is 0 Å². The number of likely N-dealkylation sites (tertiary alicyclic amines) is 2. The molecule has 3 rings (SSSR count). The van der Waals surface area contributed by atoms with Crippen molar-refractivity contribution in [1.29, 1.82) is 0 Å². The summed E-state index contributed by atoms with van der Waals surface area (Å²) in [6.07, 6.45) is 0.885. The number of nitrogens with zero attached hydrogens (tertiary/aromatic N) is 2. The molecule has 23 heavy (non-hydrogen) atoms. The van der Waals surface area contributed by atoms with E-state index in [4.69, 9.17) is 0 Å². The Kier molecular flexibility index (Phi) is 4.15. The van der Waals surface area contributed by atoms with Gasteiger partial charge in [-0.25, -0.2) is 0 Å². The summed E-state index contributed by atoms with van der Waals surface area (Å²) >= 11 is 0. The molecule has 1 aromatic rings. The molecular weight excluding hydrogens is 292 g/mol. The van der Waals surface area contributed by atoms with Crippen molar-refractivity contribution in [3.05, 3.63) is 35.4 Å². The van der Waals surface area contributed by atoms with Gasteiger partial charge in [0, 0.05) is 32.6 Å². The highest BCUT2D eigenvalue weighted by atomic mass is 16.3. The summed E-state index contributed by atoms with van der Waals surface area (Å²) in [5.74, 6) is -0.237. The van der Waals surface area contributed by atoms with Gasteiger partial charge in [-0.3, -0.25) is 9.59 Å². The van der Waals surface area contributed by atoms with Gasteiger partial charge in [-0.15, -0.1) is 0 Å². The molecule has 5 nitrogen and oxygen atoms in total. The summed E-state index contributed by atoms with van der Waals surface area (Å²) in [5.41, 5.74) is 1.48. The maximum absolute atomic E-state index is 12.6. The number of β-amino-alcohol motifs (C(OH)–C–C–N with tert-alkyl or cyclic N) is 1. The van der Waals surface area contributed by atoms with E-state index in [-0.39, 0.29) is 24.2 Å². The van der Waals surface area contributed by atoms with E-state index in [9.17, 15) is 14.7 Å². The van der Waals surface area contributed by atoms with Gasteiger partial charge in [0.2, 0.25) is 11.8 Å². The van der Waals surface area contributed by atoms with Crippen LogP contribution < -0.4 is 0 Å². The number of rotatable bonds is 3. The highest BCUT2D eigenvalue weighted by Crippen LogP contribution is 2.26. The Morgan fingerprint density at radius 2 is 2.04 bits per heavy atom. The number of aryl methyl sites for hydroxylation is 1. The lowest BCUT2D eigenvalue weighted by Gasteiger charge is -2.22. The van der Waals surface area contributed by atoms with Crippen molar-refractivity contribution in [3.8, 4) is 0 Å². The number of carbonyl (C=O) groups excluding carboxylic acids is 2. The summed E-state index contributed by atoms with van der Waals surface area (Å²) in [5, 5.41) is 10.0. The predicted molar refractivity (Wildman–Crippen MR) is 86.5 cm³/mol. The summed E-state index contributed by atoms with van der Waals surface area (Å²) in [6, 6.07) is 8.11. The lowest BCUT2D eigenvalue weighted by Crippen LogP contribution is -2.38. The van der Waals surface area contributed by atoms with E-state index in [1.807, 2.05) is 31.2 Å². The second-order valence-corrected chi connectivity index (χ2v) is 7.17. The van der Waals surface area contributed by atoms with E-state index in [0.29, 0.717) is 32.6 Å². The van der Waals surface area contributed by atoms with Crippen molar-refractivity contribution in [3.63, 3.8) is 0 Å². The number of benzene rings is 1. The standard InChI is InChI=1S/C18H24N2O3/c1-13-3-5-14(6-4-13)10-20-11-15(9-16(20)21)17(22)19-8-7-18(2,23)12-19/h3-6,15,23H,7-12H2,1-2H3/t15-,18+/m0/s1. The fourth-order valence-electron chi connectivity index (χ4n) is 3.40. The molecule has 2 aliphatic heterocycles. The highest BCUT2D eigenvalue weighted by Gasteiger charge is 2.40. The smallest absolute Gasteiger partial charge is 0.228 e. The van der Waals surface area contributed by atoms with Crippen molar-refractivity contribution < 1.29 is 14.7 Å². The highest BCUT2D eigenvalue weighted by molar-refractivity contribution is 5.89. The molecule has 1 aromatic carbocycles. The second kappa shape index (κ2) is 5.96. The van der Waals surface area contributed by atoms with Gasteiger partial charge in [-0.05, 0) is 25.8 Å². The first kappa shape index (κ1) is 16.0. The molecule has 0 radical (unpaired) electrons. The molecule has 2 aliphatic rings. The van der Waals surface area contributed by atoms with Crippen LogP contribution in [-0.4, -0.2) is 52.0 Å². The molecule has 2 fully saturated rings. The van der Waals surface area contributed by atoms with Crippen molar-refractivity contribution in [2.45, 2.75) is 38.8 Å². The Bertz CT molecular complexity index is 609. The van der Waals surface area contributed by atoms with Crippen LogP contribution in [0.5, 0.6) is 0 Å². The molecule has 0 aliphatic carbocycles. The van der Waals surface area contributed by atoms with Crippen LogP contribution in [0.2, 0.25) is 0 Å². The molecule has 2 saturated heterocycles. The zero-order chi connectivity index (χ0) is 16.6. The Morgan fingerprint density at radius 3 is 2.65 bits per heavy atom. The molecule has 2 amide bonds. The topological polar surface area (TPSA) is 60.9 Å². The van der Waals surface area contributed by atoms with E-state index in [0.717, 1.165) is 5.56 Å². The molecule has 2 heterocycles. The lowest BCUT2D eigenvalue weighted by molar-refractivity contribution is -0.135. The van der Waals surface area contributed by atoms with Gasteiger partial charge in [0.05, 0.1) is 11.5 Å². The maximum atomic E-state index is 12.6. The predicted octanol–water partition coefficient (Wildman–Crippen LogP) is 1.33. The molecule has 0 aromatic heterocycles. The molecular formula is C18H24N2O3. The Balaban J connectivity index is 1.61. The molecule has 2 atom stereocenters. The van der Waals surface area contributed by atoms with Crippen LogP contribution >= 0.6 is 0 Å². The van der Waals surface area contributed by atoms with Crippen molar-refractivity contribution in [2.75, 3.05) is 19.6 Å². The Hall–Kier alpha value is -1.88. The fraction of sp³-hybridized carbons (Fsp3) is 0.556. The van der Waals surface area contributed by atoms with Crippen LogP contribution in [0.25, 0.3) is 0 Å². The van der Waals surface area contributed by atoms with E-state index < -0.39 is 5.60 Å². The monoisotopic (exact) mass is 316 g/mol. The molecule has 124 valence electrons. The lowest BCUT2D eigenvalue weighted by atomic mass is 10.1. The molecule has 0 saturated carbocycles. The Labute approximate surface area is 136 Å². The van der Waals surface area contributed by atoms with E-state index in [2.05, 4.69) is 0 Å². The average molecular weight is 316 g/mol. The van der Waals surface area contributed by atoms with Crippen LogP contribution in [0.15, 0.2) is 24.3 Å². The summed E-state index contributed by atoms with van der Waals surface area (Å²) in [7, 11) is 0. The number of hydrogen-bond donors (Lipinski definition) is 1. The van der Waals surface area contributed by atoms with Crippen LogP contribution in [0.1, 0.15) is 30.9 Å². The minimum absolute atomic E-state index is 0.00234. The van der Waals surface area contributed by atoms with E-state index in [1.54, 1.807) is 16.7 Å². The first-order chi connectivity index (χ1) is 10.8. The van der Waals surface area contributed by atoms with Gasteiger partial charge in [-0.1, -0.05) is 29.8 Å². The zero-order valence-electron chi connectivity index (χ0n) is 13.8. The minimum atomic E-state index is -0.792. The molecule has 5 heteroatoms. The Morgan fingerprint density at radius 1 is 1.35 bits per heavy atom. The number of carbonyl (C=O) groups is 2. The van der Waals surface area contributed by atoms with Gasteiger partial charge in [0.15, 0.2) is 0 Å². The number of aliphatic hydroxyl groups is 1. The van der Waals surface area contributed by atoms with Gasteiger partial charge in [0.1, 0.15) is 0 Å². The van der Waals surface area contributed by atoms with Crippen LogP contribution in [-0.2, 0) is 16.1 Å². The minimum Gasteiger partial charge on any atom is -0.388 e. The first-order valence-corrected chi connectivity index (χ1v) is 8.18. The number of hydrogen-bond acceptors (Lipinski definition) is 3. The zero-order valence-corrected chi connectivity index (χ0v) is 13.8. The van der Waals surface area contributed by atoms with E-state index in [1.165, 1.54) is 5.56 Å². The fourth-order valence-corrected chi connectivity index (χ4v) is 3.40.